The lowest BCUT2D eigenvalue weighted by molar-refractivity contribution is 0.0950. The summed E-state index contributed by atoms with van der Waals surface area (Å²) in [6.45, 7) is 0.969. The molecule has 0 saturated carbocycles. The van der Waals surface area contributed by atoms with Crippen LogP contribution in [0.4, 0.5) is 0 Å². The van der Waals surface area contributed by atoms with Crippen LogP contribution in [-0.2, 0) is 0 Å². The van der Waals surface area contributed by atoms with E-state index in [1.54, 1.807) is 48.7 Å². The van der Waals surface area contributed by atoms with Crippen molar-refractivity contribution in [2.24, 2.45) is 0 Å². The Morgan fingerprint density at radius 2 is 1.75 bits per heavy atom. The maximum Gasteiger partial charge on any atom is 0.252 e. The predicted molar refractivity (Wildman–Crippen MR) is 111 cm³/mol. The van der Waals surface area contributed by atoms with Crippen LogP contribution in [0, 0.1) is 0 Å². The topological polar surface area (TPSA) is 68.3 Å². The van der Waals surface area contributed by atoms with Crippen LogP contribution in [0.3, 0.4) is 0 Å². The molecule has 1 amide bonds. The van der Waals surface area contributed by atoms with E-state index in [1.807, 2.05) is 18.2 Å². The summed E-state index contributed by atoms with van der Waals surface area (Å²) in [5.41, 5.74) is 1.76. The molecule has 0 fully saturated rings. The summed E-state index contributed by atoms with van der Waals surface area (Å²) in [6, 6.07) is 17.8. The van der Waals surface area contributed by atoms with Crippen molar-refractivity contribution in [2.75, 3.05) is 13.2 Å². The number of rotatable bonds is 8. The van der Waals surface area contributed by atoms with E-state index in [-0.39, 0.29) is 11.7 Å². The summed E-state index contributed by atoms with van der Waals surface area (Å²) in [6.07, 6.45) is 3.83. The Bertz CT molecular complexity index is 944. The Morgan fingerprint density at radius 1 is 0.964 bits per heavy atom. The minimum absolute atomic E-state index is 0.0443. The normalized spacial score (nSPS) is 10.3. The maximum atomic E-state index is 12.5. The second-order valence-corrected chi connectivity index (χ2v) is 6.89. The fraction of sp³-hybridized carbons (Fsp3) is 0.136. The Labute approximate surface area is 171 Å². The van der Waals surface area contributed by atoms with Crippen LogP contribution in [0.5, 0.6) is 5.75 Å². The summed E-state index contributed by atoms with van der Waals surface area (Å²) in [4.78, 5) is 28.4. The van der Waals surface area contributed by atoms with Gasteiger partial charge in [-0.25, -0.2) is 0 Å². The molecule has 0 bridgehead atoms. The van der Waals surface area contributed by atoms with E-state index >= 15 is 0 Å². The van der Waals surface area contributed by atoms with E-state index < -0.39 is 0 Å². The van der Waals surface area contributed by atoms with Gasteiger partial charge in [-0.2, -0.15) is 0 Å². The highest BCUT2D eigenvalue weighted by atomic mass is 79.9. The summed E-state index contributed by atoms with van der Waals surface area (Å²) in [7, 11) is 0. The van der Waals surface area contributed by atoms with Gasteiger partial charge < -0.3 is 10.1 Å². The second-order valence-electron chi connectivity index (χ2n) is 6.03. The number of nitrogens with one attached hydrogen (secondary N) is 1. The van der Waals surface area contributed by atoms with Crippen LogP contribution < -0.4 is 10.1 Å². The molecule has 0 atom stereocenters. The van der Waals surface area contributed by atoms with Crippen molar-refractivity contribution in [3.8, 4) is 5.75 Å². The van der Waals surface area contributed by atoms with Gasteiger partial charge in [0.25, 0.3) is 5.91 Å². The molecule has 3 aromatic rings. The van der Waals surface area contributed by atoms with Gasteiger partial charge in [0.05, 0.1) is 12.2 Å². The standard InChI is InChI=1S/C22H19BrN2O3/c23-20-7-2-1-6-19(20)21(26)16-8-10-18(11-9-16)28-14-4-13-25-22(27)17-5-3-12-24-15-17/h1-3,5-12,15H,4,13-14H2,(H,25,27). The molecule has 0 aliphatic carbocycles. The molecule has 0 saturated heterocycles. The zero-order valence-electron chi connectivity index (χ0n) is 15.1. The Morgan fingerprint density at radius 3 is 2.46 bits per heavy atom. The lowest BCUT2D eigenvalue weighted by atomic mass is 10.0. The molecule has 0 aliphatic rings. The number of benzene rings is 2. The van der Waals surface area contributed by atoms with E-state index in [0.717, 1.165) is 4.47 Å². The summed E-state index contributed by atoms with van der Waals surface area (Å²) >= 11 is 3.40. The number of ketones is 1. The molecule has 0 aliphatic heterocycles. The lowest BCUT2D eigenvalue weighted by Gasteiger charge is -2.08. The molecule has 5 nitrogen and oxygen atoms in total. The number of carbonyl (C=O) groups excluding carboxylic acids is 2. The van der Waals surface area contributed by atoms with Gasteiger partial charge in [-0.05, 0) is 55.0 Å². The first-order valence-electron chi connectivity index (χ1n) is 8.85. The van der Waals surface area contributed by atoms with Gasteiger partial charge in [0.15, 0.2) is 5.78 Å². The monoisotopic (exact) mass is 438 g/mol. The quantitative estimate of drug-likeness (QED) is 0.421. The highest BCUT2D eigenvalue weighted by Crippen LogP contribution is 2.21. The molecule has 1 aromatic heterocycles. The third-order valence-electron chi connectivity index (χ3n) is 4.03. The number of amides is 1. The summed E-state index contributed by atoms with van der Waals surface area (Å²) < 4.78 is 6.45. The van der Waals surface area contributed by atoms with Crippen molar-refractivity contribution >= 4 is 27.6 Å². The first-order valence-corrected chi connectivity index (χ1v) is 9.65. The van der Waals surface area contributed by atoms with Crippen LogP contribution >= 0.6 is 15.9 Å². The average Bonchev–Trinajstić information content (AvgIpc) is 2.74. The van der Waals surface area contributed by atoms with Crippen LogP contribution in [0.15, 0.2) is 77.5 Å². The van der Waals surface area contributed by atoms with Crippen LogP contribution in [0.2, 0.25) is 0 Å². The lowest BCUT2D eigenvalue weighted by Crippen LogP contribution is -2.25. The minimum atomic E-state index is -0.150. The molecular formula is C22H19BrN2O3. The third-order valence-corrected chi connectivity index (χ3v) is 4.73. The van der Waals surface area contributed by atoms with Crippen molar-refractivity contribution in [3.63, 3.8) is 0 Å². The second kappa shape index (κ2) is 9.80. The number of halogens is 1. The zero-order valence-corrected chi connectivity index (χ0v) is 16.7. The Hall–Kier alpha value is -2.99. The Balaban J connectivity index is 1.44. The predicted octanol–water partition coefficient (Wildman–Crippen LogP) is 4.27. The molecule has 3 rings (SSSR count). The van der Waals surface area contributed by atoms with E-state index in [2.05, 4.69) is 26.2 Å². The van der Waals surface area contributed by atoms with Crippen LogP contribution in [-0.4, -0.2) is 29.8 Å². The number of hydrogen-bond acceptors (Lipinski definition) is 4. The first kappa shape index (κ1) is 19.8. The minimum Gasteiger partial charge on any atom is -0.494 e. The van der Waals surface area contributed by atoms with Gasteiger partial charge in [-0.1, -0.05) is 28.1 Å². The van der Waals surface area contributed by atoms with Crippen molar-refractivity contribution in [2.45, 2.75) is 6.42 Å². The molecule has 6 heteroatoms. The number of ether oxygens (including phenoxy) is 1. The van der Waals surface area contributed by atoms with Crippen molar-refractivity contribution in [1.29, 1.82) is 0 Å². The molecule has 2 aromatic carbocycles. The molecule has 1 heterocycles. The summed E-state index contributed by atoms with van der Waals surface area (Å²) in [5.74, 6) is 0.488. The number of nitrogens with zero attached hydrogens (tertiary/aromatic N) is 1. The van der Waals surface area contributed by atoms with Crippen LogP contribution in [0.25, 0.3) is 0 Å². The molecule has 28 heavy (non-hydrogen) atoms. The Kier molecular flexibility index (Phi) is 6.92. The van der Waals surface area contributed by atoms with Crippen molar-refractivity contribution in [1.82, 2.24) is 10.3 Å². The van der Waals surface area contributed by atoms with Gasteiger partial charge in [0.1, 0.15) is 5.75 Å². The van der Waals surface area contributed by atoms with Crippen LogP contribution in [0.1, 0.15) is 32.7 Å². The largest absolute Gasteiger partial charge is 0.494 e. The zero-order chi connectivity index (χ0) is 19.8. The molecule has 1 N–H and O–H groups in total. The van der Waals surface area contributed by atoms with Gasteiger partial charge in [-0.15, -0.1) is 0 Å². The number of pyridine rings is 1. The molecule has 0 radical (unpaired) electrons. The first-order chi connectivity index (χ1) is 13.6. The number of hydrogen-bond donors (Lipinski definition) is 1. The van der Waals surface area contributed by atoms with Gasteiger partial charge in [0.2, 0.25) is 0 Å². The number of carbonyl (C=O) groups is 2. The summed E-state index contributed by atoms with van der Waals surface area (Å²) in [5, 5.41) is 2.82. The van der Waals surface area contributed by atoms with Crippen molar-refractivity contribution < 1.29 is 14.3 Å². The highest BCUT2D eigenvalue weighted by molar-refractivity contribution is 9.10. The van der Waals surface area contributed by atoms with Gasteiger partial charge in [0, 0.05) is 34.5 Å². The van der Waals surface area contributed by atoms with Gasteiger partial charge in [-0.3, -0.25) is 14.6 Å². The van der Waals surface area contributed by atoms with Crippen molar-refractivity contribution in [3.05, 3.63) is 94.2 Å². The molecule has 0 unspecified atom stereocenters. The number of aromatic nitrogens is 1. The van der Waals surface area contributed by atoms with E-state index in [4.69, 9.17) is 4.74 Å². The molecular weight excluding hydrogens is 420 g/mol. The molecule has 142 valence electrons. The van der Waals surface area contributed by atoms with E-state index in [0.29, 0.717) is 42.0 Å². The fourth-order valence-corrected chi connectivity index (χ4v) is 3.03. The molecule has 0 spiro atoms. The van der Waals surface area contributed by atoms with E-state index in [1.165, 1.54) is 6.20 Å². The fourth-order valence-electron chi connectivity index (χ4n) is 2.57. The third kappa shape index (κ3) is 5.27. The highest BCUT2D eigenvalue weighted by Gasteiger charge is 2.12. The maximum absolute atomic E-state index is 12.5. The SMILES string of the molecule is O=C(NCCCOc1ccc(C(=O)c2ccccc2Br)cc1)c1cccnc1. The van der Waals surface area contributed by atoms with E-state index in [9.17, 15) is 9.59 Å². The smallest absolute Gasteiger partial charge is 0.252 e. The average molecular weight is 439 g/mol. The van der Waals surface area contributed by atoms with Gasteiger partial charge >= 0.3 is 0 Å².